The van der Waals surface area contributed by atoms with Gasteiger partial charge in [0.15, 0.2) is 0 Å². The first-order chi connectivity index (χ1) is 16.1. The van der Waals surface area contributed by atoms with E-state index in [0.29, 0.717) is 56.5 Å². The number of hydrogen-bond donors (Lipinski definition) is 0. The van der Waals surface area contributed by atoms with Crippen LogP contribution in [0.2, 0.25) is 0 Å². The van der Waals surface area contributed by atoms with Gasteiger partial charge in [-0.1, -0.05) is 12.2 Å². The van der Waals surface area contributed by atoms with Gasteiger partial charge in [-0.15, -0.1) is 13.2 Å². The number of carbonyl (C=O) groups excluding carboxylic acids is 2. The zero-order valence-electron chi connectivity index (χ0n) is 20.3. The quantitative estimate of drug-likeness (QED) is 0.176. The van der Waals surface area contributed by atoms with Crippen LogP contribution in [0.25, 0.3) is 0 Å². The van der Waals surface area contributed by atoms with Gasteiger partial charge >= 0.3 is 11.9 Å². The van der Waals surface area contributed by atoms with Crippen LogP contribution in [0, 0.1) is 23.7 Å². The molecular formula is C27H44O6. The van der Waals surface area contributed by atoms with Gasteiger partial charge in [0, 0.05) is 26.1 Å². The normalized spacial score (nSPS) is 25.2. The molecule has 0 aromatic carbocycles. The van der Waals surface area contributed by atoms with E-state index in [1.165, 1.54) is 0 Å². The van der Waals surface area contributed by atoms with Crippen molar-refractivity contribution in [3.8, 4) is 0 Å². The van der Waals surface area contributed by atoms with E-state index in [9.17, 15) is 9.59 Å². The first-order valence-electron chi connectivity index (χ1n) is 12.8. The zero-order chi connectivity index (χ0) is 23.7. The average Bonchev–Trinajstić information content (AvgIpc) is 2.83. The molecule has 0 amide bonds. The average molecular weight is 465 g/mol. The maximum absolute atomic E-state index is 12.0. The molecule has 0 aliphatic heterocycles. The van der Waals surface area contributed by atoms with Crippen LogP contribution in [0.3, 0.4) is 0 Å². The van der Waals surface area contributed by atoms with E-state index < -0.39 is 0 Å². The molecule has 0 aromatic rings. The molecule has 0 saturated heterocycles. The summed E-state index contributed by atoms with van der Waals surface area (Å²) >= 11 is 0. The molecule has 0 heterocycles. The lowest BCUT2D eigenvalue weighted by Gasteiger charge is -2.28. The minimum Gasteiger partial charge on any atom is -0.465 e. The smallest absolute Gasteiger partial charge is 0.305 e. The van der Waals surface area contributed by atoms with Gasteiger partial charge in [0.25, 0.3) is 0 Å². The van der Waals surface area contributed by atoms with Crippen molar-refractivity contribution in [3.63, 3.8) is 0 Å². The lowest BCUT2D eigenvalue weighted by Crippen LogP contribution is -2.23. The van der Waals surface area contributed by atoms with E-state index in [1.807, 2.05) is 0 Å². The highest BCUT2D eigenvalue weighted by molar-refractivity contribution is 5.72. The summed E-state index contributed by atoms with van der Waals surface area (Å²) in [5.74, 6) is 1.67. The Morgan fingerprint density at radius 3 is 1.27 bits per heavy atom. The first-order valence-corrected chi connectivity index (χ1v) is 12.8. The van der Waals surface area contributed by atoms with Crippen molar-refractivity contribution in [2.45, 2.75) is 70.6 Å². The summed E-state index contributed by atoms with van der Waals surface area (Å²) in [4.78, 5) is 24.0. The largest absolute Gasteiger partial charge is 0.465 e. The second kappa shape index (κ2) is 16.9. The van der Waals surface area contributed by atoms with E-state index in [2.05, 4.69) is 13.2 Å². The second-order valence-corrected chi connectivity index (χ2v) is 9.65. The molecule has 2 saturated carbocycles. The summed E-state index contributed by atoms with van der Waals surface area (Å²) < 4.78 is 22.0. The van der Waals surface area contributed by atoms with Crippen LogP contribution in [-0.2, 0) is 28.5 Å². The molecule has 0 unspecified atom stereocenters. The Bertz CT molecular complexity index is 523. The molecule has 2 fully saturated rings. The lowest BCUT2D eigenvalue weighted by atomic mass is 9.83. The van der Waals surface area contributed by atoms with Gasteiger partial charge in [-0.2, -0.15) is 0 Å². The molecule has 0 N–H and O–H groups in total. The Labute approximate surface area is 200 Å². The lowest BCUT2D eigenvalue weighted by molar-refractivity contribution is -0.147. The van der Waals surface area contributed by atoms with Crippen LogP contribution in [0.1, 0.15) is 70.6 Å². The molecule has 2 aliphatic carbocycles. The molecule has 0 aromatic heterocycles. The molecule has 0 radical (unpaired) electrons. The van der Waals surface area contributed by atoms with Gasteiger partial charge < -0.3 is 18.9 Å². The van der Waals surface area contributed by atoms with Gasteiger partial charge in [0.1, 0.15) is 0 Å². The van der Waals surface area contributed by atoms with Crippen LogP contribution >= 0.6 is 0 Å². The Morgan fingerprint density at radius 2 is 0.939 bits per heavy atom. The summed E-state index contributed by atoms with van der Waals surface area (Å²) in [6, 6.07) is 0. The van der Waals surface area contributed by atoms with Gasteiger partial charge in [-0.3, -0.25) is 9.59 Å². The topological polar surface area (TPSA) is 71.1 Å². The summed E-state index contributed by atoms with van der Waals surface area (Å²) in [6.07, 6.45) is 13.4. The highest BCUT2D eigenvalue weighted by Gasteiger charge is 2.23. The van der Waals surface area contributed by atoms with Crippen LogP contribution < -0.4 is 0 Å². The second-order valence-electron chi connectivity index (χ2n) is 9.65. The van der Waals surface area contributed by atoms with Crippen molar-refractivity contribution in [2.75, 3.05) is 39.6 Å². The first kappa shape index (κ1) is 27.6. The number of hydrogen-bond acceptors (Lipinski definition) is 6. The fourth-order valence-corrected chi connectivity index (χ4v) is 4.71. The maximum atomic E-state index is 12.0. The van der Waals surface area contributed by atoms with E-state index in [1.54, 1.807) is 12.2 Å². The molecular weight excluding hydrogens is 420 g/mol. The van der Waals surface area contributed by atoms with E-state index in [-0.39, 0.29) is 24.8 Å². The SMILES string of the molecule is C=CCOCC1CCC(COC(=O)CCCC(=O)OCC2CCC(COCC=C)CC2)CC1. The monoisotopic (exact) mass is 464 g/mol. The van der Waals surface area contributed by atoms with Gasteiger partial charge in [0.2, 0.25) is 0 Å². The Kier molecular flexibility index (Phi) is 14.1. The Morgan fingerprint density at radius 1 is 0.606 bits per heavy atom. The third kappa shape index (κ3) is 12.4. The molecule has 0 bridgehead atoms. The highest BCUT2D eigenvalue weighted by Crippen LogP contribution is 2.30. The van der Waals surface area contributed by atoms with Crippen molar-refractivity contribution in [3.05, 3.63) is 25.3 Å². The van der Waals surface area contributed by atoms with Crippen molar-refractivity contribution in [2.24, 2.45) is 23.7 Å². The molecule has 6 nitrogen and oxygen atoms in total. The van der Waals surface area contributed by atoms with Crippen LogP contribution in [0.5, 0.6) is 0 Å². The fraction of sp³-hybridized carbons (Fsp3) is 0.778. The summed E-state index contributed by atoms with van der Waals surface area (Å²) in [6.45, 7) is 11.1. The molecule has 188 valence electrons. The summed E-state index contributed by atoms with van der Waals surface area (Å²) in [5.41, 5.74) is 0. The van der Waals surface area contributed by atoms with Crippen molar-refractivity contribution >= 4 is 11.9 Å². The zero-order valence-corrected chi connectivity index (χ0v) is 20.3. The van der Waals surface area contributed by atoms with Crippen LogP contribution in [0.15, 0.2) is 25.3 Å². The number of ether oxygens (including phenoxy) is 4. The third-order valence-electron chi connectivity index (χ3n) is 6.83. The Balaban J connectivity index is 1.44. The van der Waals surface area contributed by atoms with Crippen molar-refractivity contribution < 1.29 is 28.5 Å². The van der Waals surface area contributed by atoms with Gasteiger partial charge in [-0.25, -0.2) is 0 Å². The molecule has 33 heavy (non-hydrogen) atoms. The van der Waals surface area contributed by atoms with E-state index >= 15 is 0 Å². The molecule has 2 aliphatic rings. The minimum atomic E-state index is -0.212. The number of rotatable bonds is 16. The van der Waals surface area contributed by atoms with E-state index in [0.717, 1.165) is 64.6 Å². The number of carbonyl (C=O) groups is 2. The van der Waals surface area contributed by atoms with Gasteiger partial charge in [0.05, 0.1) is 26.4 Å². The fourth-order valence-electron chi connectivity index (χ4n) is 4.71. The molecule has 6 heteroatoms. The van der Waals surface area contributed by atoms with Crippen molar-refractivity contribution in [1.29, 1.82) is 0 Å². The highest BCUT2D eigenvalue weighted by atomic mass is 16.5. The summed E-state index contributed by atoms with van der Waals surface area (Å²) in [5, 5.41) is 0. The minimum absolute atomic E-state index is 0.212. The van der Waals surface area contributed by atoms with Crippen LogP contribution in [0.4, 0.5) is 0 Å². The van der Waals surface area contributed by atoms with Gasteiger partial charge in [-0.05, 0) is 81.5 Å². The molecule has 2 rings (SSSR count). The molecule has 0 atom stereocenters. The predicted octanol–water partition coefficient (Wildman–Crippen LogP) is 5.26. The van der Waals surface area contributed by atoms with Crippen LogP contribution in [-0.4, -0.2) is 51.6 Å². The summed E-state index contributed by atoms with van der Waals surface area (Å²) in [7, 11) is 0. The standard InChI is InChI=1S/C27H44O6/c1-3-16-30-18-22-8-12-24(13-9-22)20-32-26(28)6-5-7-27(29)33-21-25-14-10-23(11-15-25)19-31-17-4-2/h3-4,22-25H,1-2,5-21H2. The van der Waals surface area contributed by atoms with E-state index in [4.69, 9.17) is 18.9 Å². The van der Waals surface area contributed by atoms with Crippen molar-refractivity contribution in [1.82, 2.24) is 0 Å². The predicted molar refractivity (Wildman–Crippen MR) is 129 cm³/mol. The number of esters is 2. The Hall–Kier alpha value is -1.66. The maximum Gasteiger partial charge on any atom is 0.305 e. The third-order valence-corrected chi connectivity index (χ3v) is 6.83. The molecule has 0 spiro atoms.